The molecule has 0 saturated heterocycles. The summed E-state index contributed by atoms with van der Waals surface area (Å²) in [5.74, 6) is 0. The Morgan fingerprint density at radius 1 is 0.533 bits per heavy atom. The Morgan fingerprint density at radius 3 is 2.03 bits per heavy atom. The predicted molar refractivity (Wildman–Crippen MR) is 126 cm³/mol. The Labute approximate surface area is 174 Å². The van der Waals surface area contributed by atoms with E-state index in [2.05, 4.69) is 97.9 Å². The number of hydrogen-bond donors (Lipinski definition) is 0. The average molecular weight is 382 g/mol. The summed E-state index contributed by atoms with van der Waals surface area (Å²) in [5, 5.41) is 5.05. The van der Waals surface area contributed by atoms with Gasteiger partial charge in [0.1, 0.15) is 11.2 Å². The van der Waals surface area contributed by atoms with Crippen molar-refractivity contribution in [1.82, 2.24) is 0 Å². The van der Waals surface area contributed by atoms with E-state index >= 15 is 0 Å². The van der Waals surface area contributed by atoms with Crippen molar-refractivity contribution < 1.29 is 4.42 Å². The van der Waals surface area contributed by atoms with E-state index in [0.29, 0.717) is 0 Å². The number of hydrogen-bond acceptors (Lipinski definition) is 1. The van der Waals surface area contributed by atoms with Crippen molar-refractivity contribution in [2.75, 3.05) is 0 Å². The molecule has 1 aliphatic rings. The topological polar surface area (TPSA) is 13.1 Å². The minimum atomic E-state index is 0.942. The molecule has 0 fully saturated rings. The molecule has 5 aromatic carbocycles. The summed E-state index contributed by atoms with van der Waals surface area (Å²) in [6.07, 6.45) is 0. The van der Waals surface area contributed by atoms with Gasteiger partial charge in [-0.3, -0.25) is 0 Å². The van der Waals surface area contributed by atoms with Crippen LogP contribution >= 0.6 is 0 Å². The highest BCUT2D eigenvalue weighted by molar-refractivity contribution is 6.15. The molecular formula is C29H18O. The van der Waals surface area contributed by atoms with Crippen LogP contribution in [-0.4, -0.2) is 0 Å². The molecule has 1 heterocycles. The lowest BCUT2D eigenvalue weighted by Gasteiger charge is -2.07. The van der Waals surface area contributed by atoms with Crippen LogP contribution in [0.2, 0.25) is 0 Å². The largest absolute Gasteiger partial charge is 0.456 e. The normalized spacial score (nSPS) is 12.2. The smallest absolute Gasteiger partial charge is 0.135 e. The number of benzene rings is 5. The van der Waals surface area contributed by atoms with E-state index in [1.54, 1.807) is 0 Å². The molecule has 0 aliphatic heterocycles. The first-order chi connectivity index (χ1) is 14.8. The highest BCUT2D eigenvalue weighted by Gasteiger charge is 2.21. The van der Waals surface area contributed by atoms with Gasteiger partial charge >= 0.3 is 0 Å². The molecule has 0 unspecified atom stereocenters. The first-order valence-electron chi connectivity index (χ1n) is 10.4. The van der Waals surface area contributed by atoms with Crippen LogP contribution in [0.3, 0.4) is 0 Å². The molecule has 7 rings (SSSR count). The van der Waals surface area contributed by atoms with Gasteiger partial charge in [-0.05, 0) is 81.4 Å². The molecular weight excluding hydrogens is 364 g/mol. The van der Waals surface area contributed by atoms with Crippen molar-refractivity contribution in [3.05, 3.63) is 96.6 Å². The molecule has 6 aromatic rings. The van der Waals surface area contributed by atoms with Crippen molar-refractivity contribution in [1.29, 1.82) is 0 Å². The fourth-order valence-electron chi connectivity index (χ4n) is 5.04. The quantitative estimate of drug-likeness (QED) is 0.278. The first kappa shape index (κ1) is 16.0. The van der Waals surface area contributed by atoms with Gasteiger partial charge < -0.3 is 4.42 Å². The van der Waals surface area contributed by atoms with Gasteiger partial charge in [0.25, 0.3) is 0 Å². The molecule has 0 saturated carbocycles. The zero-order valence-corrected chi connectivity index (χ0v) is 16.6. The minimum absolute atomic E-state index is 0.942. The third-order valence-electron chi connectivity index (χ3n) is 6.46. The van der Waals surface area contributed by atoms with Gasteiger partial charge in [-0.15, -0.1) is 0 Å². The van der Waals surface area contributed by atoms with Gasteiger partial charge in [-0.2, -0.15) is 0 Å². The molecule has 1 aliphatic carbocycles. The third-order valence-corrected chi connectivity index (χ3v) is 6.46. The second kappa shape index (κ2) is 5.61. The summed E-state index contributed by atoms with van der Waals surface area (Å²) in [4.78, 5) is 0. The maximum absolute atomic E-state index is 6.05. The Hall–Kier alpha value is -3.84. The Morgan fingerprint density at radius 2 is 1.20 bits per heavy atom. The van der Waals surface area contributed by atoms with Crippen molar-refractivity contribution in [3.63, 3.8) is 0 Å². The lowest BCUT2D eigenvalue weighted by atomic mass is 9.96. The molecule has 0 radical (unpaired) electrons. The minimum Gasteiger partial charge on any atom is -0.456 e. The molecule has 140 valence electrons. The van der Waals surface area contributed by atoms with Crippen LogP contribution in [0.5, 0.6) is 0 Å². The van der Waals surface area contributed by atoms with E-state index in [1.807, 2.05) is 0 Å². The van der Waals surface area contributed by atoms with Gasteiger partial charge in [0, 0.05) is 10.8 Å². The summed E-state index contributed by atoms with van der Waals surface area (Å²) in [6, 6.07) is 33.0. The maximum Gasteiger partial charge on any atom is 0.135 e. The number of furan rings is 1. The summed E-state index contributed by atoms with van der Waals surface area (Å²) < 4.78 is 6.05. The van der Waals surface area contributed by atoms with Crippen molar-refractivity contribution in [3.8, 4) is 33.4 Å². The number of aryl methyl sites for hydroxylation is 1. The third kappa shape index (κ3) is 2.07. The molecule has 0 bridgehead atoms. The van der Waals surface area contributed by atoms with E-state index in [-0.39, 0.29) is 0 Å². The van der Waals surface area contributed by atoms with E-state index in [4.69, 9.17) is 4.42 Å². The lowest BCUT2D eigenvalue weighted by molar-refractivity contribution is 0.669. The van der Waals surface area contributed by atoms with Crippen LogP contribution in [0, 0.1) is 6.92 Å². The predicted octanol–water partition coefficient (Wildman–Crippen LogP) is 8.36. The molecule has 0 amide bonds. The highest BCUT2D eigenvalue weighted by atomic mass is 16.3. The van der Waals surface area contributed by atoms with E-state index < -0.39 is 0 Å². The Kier molecular flexibility index (Phi) is 2.99. The molecule has 0 spiro atoms. The summed E-state index contributed by atoms with van der Waals surface area (Å²) >= 11 is 0. The van der Waals surface area contributed by atoms with Crippen molar-refractivity contribution in [2.45, 2.75) is 6.92 Å². The summed E-state index contributed by atoms with van der Waals surface area (Å²) in [5.41, 5.74) is 10.9. The Balaban J connectivity index is 1.46. The number of rotatable bonds is 1. The van der Waals surface area contributed by atoms with Gasteiger partial charge in [0.05, 0.1) is 0 Å². The van der Waals surface area contributed by atoms with Crippen LogP contribution in [0.25, 0.3) is 66.1 Å². The second-order valence-electron chi connectivity index (χ2n) is 8.28. The van der Waals surface area contributed by atoms with Crippen LogP contribution in [0.15, 0.2) is 95.4 Å². The van der Waals surface area contributed by atoms with Gasteiger partial charge in [0.2, 0.25) is 0 Å². The van der Waals surface area contributed by atoms with Crippen molar-refractivity contribution in [2.24, 2.45) is 0 Å². The first-order valence-corrected chi connectivity index (χ1v) is 10.4. The zero-order valence-electron chi connectivity index (χ0n) is 16.6. The summed E-state index contributed by atoms with van der Waals surface area (Å²) in [6.45, 7) is 2.13. The van der Waals surface area contributed by atoms with Crippen LogP contribution in [0.1, 0.15) is 5.56 Å². The second-order valence-corrected chi connectivity index (χ2v) is 8.28. The molecule has 30 heavy (non-hydrogen) atoms. The SMILES string of the molecule is Cc1ccc2oc3ccc(-c4ccc5c(c4)-c4cccc6cccc-5c46)cc3c2c1. The molecule has 0 atom stereocenters. The molecule has 1 nitrogen and oxygen atoms in total. The highest BCUT2D eigenvalue weighted by Crippen LogP contribution is 2.48. The summed E-state index contributed by atoms with van der Waals surface area (Å²) in [7, 11) is 0. The molecule has 1 heteroatoms. The number of fused-ring (bicyclic) bond motifs is 6. The maximum atomic E-state index is 6.05. The van der Waals surface area contributed by atoms with E-state index in [1.165, 1.54) is 60.5 Å². The van der Waals surface area contributed by atoms with Crippen molar-refractivity contribution >= 4 is 32.7 Å². The van der Waals surface area contributed by atoms with Crippen LogP contribution < -0.4 is 0 Å². The van der Waals surface area contributed by atoms with Gasteiger partial charge in [-0.25, -0.2) is 0 Å². The lowest BCUT2D eigenvalue weighted by Crippen LogP contribution is -1.82. The monoisotopic (exact) mass is 382 g/mol. The zero-order chi connectivity index (χ0) is 19.8. The molecule has 0 N–H and O–H groups in total. The average Bonchev–Trinajstić information content (AvgIpc) is 3.30. The standard InChI is InChI=1S/C29H18O/c1-17-8-12-27-25(14-17)26-16-20(10-13-28(26)30-27)19-9-11-21-22-6-2-4-18-5-3-7-23(29(18)22)24(21)15-19/h2-16H,1H3. The molecule has 1 aromatic heterocycles. The van der Waals surface area contributed by atoms with E-state index in [0.717, 1.165) is 11.2 Å². The van der Waals surface area contributed by atoms with E-state index in [9.17, 15) is 0 Å². The van der Waals surface area contributed by atoms with Gasteiger partial charge in [-0.1, -0.05) is 66.2 Å². The Bertz CT molecular complexity index is 1640. The van der Waals surface area contributed by atoms with Crippen LogP contribution in [-0.2, 0) is 0 Å². The van der Waals surface area contributed by atoms with Crippen LogP contribution in [0.4, 0.5) is 0 Å². The fraction of sp³-hybridized carbons (Fsp3) is 0.0345. The van der Waals surface area contributed by atoms with Gasteiger partial charge in [0.15, 0.2) is 0 Å². The fourth-order valence-corrected chi connectivity index (χ4v) is 5.04.